The first-order valence-corrected chi connectivity index (χ1v) is 12.9. The lowest BCUT2D eigenvalue weighted by molar-refractivity contribution is -0.128. The lowest BCUT2D eigenvalue weighted by Gasteiger charge is -2.54. The van der Waals surface area contributed by atoms with Crippen LogP contribution in [0.2, 0.25) is 0 Å². The molecule has 192 valence electrons. The summed E-state index contributed by atoms with van der Waals surface area (Å²) >= 11 is 0. The third-order valence-corrected chi connectivity index (χ3v) is 9.27. The first kappa shape index (κ1) is 24.9. The average Bonchev–Trinajstić information content (AvgIpc) is 3.13. The number of oxime groups is 1. The summed E-state index contributed by atoms with van der Waals surface area (Å²) < 4.78 is 9.96. The number of carbonyl (C=O) groups excluding carboxylic acids is 2. The molecule has 7 heteroatoms. The van der Waals surface area contributed by atoms with Gasteiger partial charge in [-0.15, -0.1) is 0 Å². The van der Waals surface area contributed by atoms with E-state index in [9.17, 15) is 14.7 Å². The lowest BCUT2D eigenvalue weighted by atomic mass is 9.51. The van der Waals surface area contributed by atoms with Gasteiger partial charge in [-0.05, 0) is 78.7 Å². The van der Waals surface area contributed by atoms with Gasteiger partial charge in [0.2, 0.25) is 0 Å². The minimum absolute atomic E-state index is 0.155. The summed E-state index contributed by atoms with van der Waals surface area (Å²) in [5.41, 5.74) is 4.98. The number of allylic oxidation sites excluding steroid dienone is 4. The van der Waals surface area contributed by atoms with Crippen LogP contribution in [0.15, 0.2) is 52.2 Å². The highest BCUT2D eigenvalue weighted by Crippen LogP contribution is 2.66. The van der Waals surface area contributed by atoms with Crippen LogP contribution >= 0.6 is 0 Å². The molecule has 7 nitrogen and oxygen atoms in total. The van der Waals surface area contributed by atoms with Gasteiger partial charge in [-0.2, -0.15) is 0 Å². The SMILES string of the molecule is COC[C@]1(O)CCC2C3CCC4=CC(=O)CCC4=C3[C@@H](c3ccc(/C=N/OC(=O)OC)cc3)C[C@@]21C. The molecule has 36 heavy (non-hydrogen) atoms. The van der Waals surface area contributed by atoms with Gasteiger partial charge < -0.3 is 14.6 Å². The number of ketones is 1. The number of hydrogen-bond acceptors (Lipinski definition) is 7. The lowest BCUT2D eigenvalue weighted by Crippen LogP contribution is -2.53. The average molecular weight is 494 g/mol. The molecule has 0 aliphatic heterocycles. The van der Waals surface area contributed by atoms with Crippen LogP contribution < -0.4 is 0 Å². The summed E-state index contributed by atoms with van der Waals surface area (Å²) in [4.78, 5) is 28.0. The minimum Gasteiger partial charge on any atom is -0.436 e. The summed E-state index contributed by atoms with van der Waals surface area (Å²) in [5, 5.41) is 15.5. The summed E-state index contributed by atoms with van der Waals surface area (Å²) in [7, 11) is 2.90. The molecule has 0 radical (unpaired) electrons. The molecule has 4 aliphatic rings. The van der Waals surface area contributed by atoms with E-state index in [-0.39, 0.29) is 17.1 Å². The first-order valence-electron chi connectivity index (χ1n) is 12.9. The molecule has 0 spiro atoms. The Morgan fingerprint density at radius 3 is 2.67 bits per heavy atom. The molecule has 0 bridgehead atoms. The van der Waals surface area contributed by atoms with Gasteiger partial charge in [-0.3, -0.25) is 9.63 Å². The maximum absolute atomic E-state index is 12.2. The van der Waals surface area contributed by atoms with Crippen LogP contribution in [0.4, 0.5) is 4.79 Å². The standard InChI is InChI=1S/C29H35NO6/c1-28-15-24(19-6-4-18(5-7-19)16-30-36-27(32)35-3)26-22-11-9-21(31)14-20(22)8-10-23(26)25(28)12-13-29(28,33)17-34-2/h4-7,14,16,23-25,33H,8-13,15,17H2,1-3H3/b30-16+/t23?,24-,25?,28+,29-/m1/s1. The largest absolute Gasteiger partial charge is 0.534 e. The van der Waals surface area contributed by atoms with Crippen molar-refractivity contribution in [2.75, 3.05) is 20.8 Å². The number of benzene rings is 1. The molecule has 1 aromatic rings. The Hall–Kier alpha value is -2.77. The molecule has 0 heterocycles. The molecule has 0 amide bonds. The molecular formula is C29H35NO6. The number of ether oxygens (including phenoxy) is 2. The highest BCUT2D eigenvalue weighted by molar-refractivity contribution is 5.93. The topological polar surface area (TPSA) is 94.4 Å². The highest BCUT2D eigenvalue weighted by Gasteiger charge is 2.62. The molecule has 5 atom stereocenters. The molecule has 4 aliphatic carbocycles. The maximum Gasteiger partial charge on any atom is 0.534 e. The number of aliphatic hydroxyl groups is 1. The Bertz CT molecular complexity index is 1130. The van der Waals surface area contributed by atoms with E-state index in [1.54, 1.807) is 7.11 Å². The van der Waals surface area contributed by atoms with E-state index in [1.165, 1.54) is 35.6 Å². The molecule has 1 aromatic carbocycles. The van der Waals surface area contributed by atoms with Crippen molar-refractivity contribution in [2.45, 2.75) is 63.4 Å². The Morgan fingerprint density at radius 1 is 1.17 bits per heavy atom. The molecule has 0 saturated heterocycles. The zero-order chi connectivity index (χ0) is 25.5. The molecule has 0 aromatic heterocycles. The van der Waals surface area contributed by atoms with E-state index in [2.05, 4.69) is 33.8 Å². The number of nitrogens with zero attached hydrogens (tertiary/aromatic N) is 1. The van der Waals surface area contributed by atoms with Gasteiger partial charge >= 0.3 is 6.16 Å². The fourth-order valence-corrected chi connectivity index (χ4v) is 7.51. The smallest absolute Gasteiger partial charge is 0.436 e. The van der Waals surface area contributed by atoms with Crippen molar-refractivity contribution in [3.63, 3.8) is 0 Å². The van der Waals surface area contributed by atoms with Crippen molar-refractivity contribution >= 4 is 18.2 Å². The number of fused-ring (bicyclic) bond motifs is 4. The number of rotatable bonds is 5. The van der Waals surface area contributed by atoms with Gasteiger partial charge in [0.1, 0.15) is 0 Å². The Labute approximate surface area is 212 Å². The molecular weight excluding hydrogens is 458 g/mol. The summed E-state index contributed by atoms with van der Waals surface area (Å²) in [5.74, 6) is 1.19. The second-order valence-electron chi connectivity index (χ2n) is 10.9. The van der Waals surface area contributed by atoms with Gasteiger partial charge in [-0.1, -0.05) is 41.9 Å². The summed E-state index contributed by atoms with van der Waals surface area (Å²) in [6.45, 7) is 2.61. The molecule has 2 unspecified atom stereocenters. The van der Waals surface area contributed by atoms with Gasteiger partial charge in [0, 0.05) is 24.9 Å². The van der Waals surface area contributed by atoms with E-state index in [4.69, 9.17) is 4.74 Å². The van der Waals surface area contributed by atoms with Crippen molar-refractivity contribution in [3.05, 3.63) is 58.2 Å². The van der Waals surface area contributed by atoms with E-state index < -0.39 is 11.8 Å². The first-order chi connectivity index (χ1) is 17.3. The predicted molar refractivity (Wildman–Crippen MR) is 135 cm³/mol. The van der Waals surface area contributed by atoms with E-state index in [0.29, 0.717) is 24.9 Å². The van der Waals surface area contributed by atoms with Crippen molar-refractivity contribution < 1.29 is 29.0 Å². The third kappa shape index (κ3) is 4.12. The summed E-state index contributed by atoms with van der Waals surface area (Å²) in [6.07, 6.45) is 8.44. The second kappa shape index (κ2) is 9.60. The quantitative estimate of drug-likeness (QED) is 0.266. The van der Waals surface area contributed by atoms with Crippen LogP contribution in [-0.4, -0.2) is 49.7 Å². The fourth-order valence-electron chi connectivity index (χ4n) is 7.51. The molecule has 2 fully saturated rings. The van der Waals surface area contributed by atoms with Crippen LogP contribution in [-0.2, 0) is 19.1 Å². The molecule has 1 N–H and O–H groups in total. The van der Waals surface area contributed by atoms with Gasteiger partial charge in [0.05, 0.1) is 25.5 Å². The number of methoxy groups -OCH3 is 2. The van der Waals surface area contributed by atoms with Gasteiger partial charge in [-0.25, -0.2) is 4.79 Å². The fraction of sp³-hybridized carbons (Fsp3) is 0.552. The predicted octanol–water partition coefficient (Wildman–Crippen LogP) is 5.08. The van der Waals surface area contributed by atoms with Crippen molar-refractivity contribution in [1.29, 1.82) is 0 Å². The second-order valence-corrected chi connectivity index (χ2v) is 10.9. The summed E-state index contributed by atoms with van der Waals surface area (Å²) in [6, 6.07) is 8.14. The van der Waals surface area contributed by atoms with Gasteiger partial charge in [0.25, 0.3) is 0 Å². The number of carbonyl (C=O) groups is 2. The molecule has 5 rings (SSSR count). The van der Waals surface area contributed by atoms with Crippen molar-refractivity contribution in [1.82, 2.24) is 0 Å². The zero-order valence-corrected chi connectivity index (χ0v) is 21.3. The van der Waals surface area contributed by atoms with E-state index in [0.717, 1.165) is 44.1 Å². The van der Waals surface area contributed by atoms with Crippen LogP contribution in [0.3, 0.4) is 0 Å². The van der Waals surface area contributed by atoms with Crippen LogP contribution in [0.5, 0.6) is 0 Å². The normalized spacial score (nSPS) is 33.6. The molecule has 2 saturated carbocycles. The van der Waals surface area contributed by atoms with Crippen LogP contribution in [0, 0.1) is 17.3 Å². The van der Waals surface area contributed by atoms with E-state index in [1.807, 2.05) is 18.2 Å². The number of hydrogen-bond donors (Lipinski definition) is 1. The van der Waals surface area contributed by atoms with Crippen molar-refractivity contribution in [3.8, 4) is 0 Å². The van der Waals surface area contributed by atoms with Crippen LogP contribution in [0.25, 0.3) is 0 Å². The Kier molecular flexibility index (Phi) is 6.64. The monoisotopic (exact) mass is 493 g/mol. The van der Waals surface area contributed by atoms with Gasteiger partial charge in [0.15, 0.2) is 5.78 Å². The Balaban J connectivity index is 1.54. The zero-order valence-electron chi connectivity index (χ0n) is 21.3. The van der Waals surface area contributed by atoms with E-state index >= 15 is 0 Å². The minimum atomic E-state index is -0.862. The van der Waals surface area contributed by atoms with Crippen molar-refractivity contribution in [2.24, 2.45) is 22.4 Å². The third-order valence-electron chi connectivity index (χ3n) is 9.27. The highest BCUT2D eigenvalue weighted by atomic mass is 16.8. The maximum atomic E-state index is 12.2. The van der Waals surface area contributed by atoms with Crippen LogP contribution in [0.1, 0.15) is 68.9 Å². The Morgan fingerprint density at radius 2 is 1.94 bits per heavy atom.